The van der Waals surface area contributed by atoms with Gasteiger partial charge in [-0.25, -0.2) is 0 Å². The maximum absolute atomic E-state index is 10.9. The fourth-order valence-electron chi connectivity index (χ4n) is 3.84. The van der Waals surface area contributed by atoms with Crippen molar-refractivity contribution in [3.05, 3.63) is 0 Å². The molecule has 1 aliphatic heterocycles. The van der Waals surface area contributed by atoms with Crippen LogP contribution in [-0.2, 0) is 4.79 Å². The van der Waals surface area contributed by atoms with Gasteiger partial charge in [0.1, 0.15) is 0 Å². The van der Waals surface area contributed by atoms with Gasteiger partial charge in [-0.05, 0) is 31.1 Å². The monoisotopic (exact) mass is 179 g/mol. The Morgan fingerprint density at radius 3 is 2.23 bits per heavy atom. The van der Waals surface area contributed by atoms with Crippen molar-refractivity contribution in [3.63, 3.8) is 0 Å². The molecule has 0 atom stereocenters. The summed E-state index contributed by atoms with van der Waals surface area (Å²) in [5.41, 5.74) is 0.945. The van der Waals surface area contributed by atoms with Crippen LogP contribution in [0.2, 0.25) is 0 Å². The van der Waals surface area contributed by atoms with Crippen molar-refractivity contribution in [1.82, 2.24) is 5.32 Å². The van der Waals surface area contributed by atoms with E-state index >= 15 is 0 Å². The zero-order valence-electron chi connectivity index (χ0n) is 8.07. The predicted octanol–water partition coefficient (Wildman–Crippen LogP) is 1.99. The summed E-state index contributed by atoms with van der Waals surface area (Å²) in [6.07, 6.45) is 10.5. The summed E-state index contributed by atoms with van der Waals surface area (Å²) < 4.78 is 0. The molecule has 1 saturated heterocycles. The SMILES string of the molecule is O=C1CC2(CC3(CCCCC3)C2)N1. The molecule has 2 aliphatic carbocycles. The van der Waals surface area contributed by atoms with Gasteiger partial charge in [0.2, 0.25) is 5.91 Å². The van der Waals surface area contributed by atoms with Crippen molar-refractivity contribution in [1.29, 1.82) is 0 Å². The Hall–Kier alpha value is -0.530. The topological polar surface area (TPSA) is 29.1 Å². The van der Waals surface area contributed by atoms with E-state index in [4.69, 9.17) is 0 Å². The third-order valence-corrected chi connectivity index (χ3v) is 4.24. The molecule has 1 amide bonds. The van der Waals surface area contributed by atoms with E-state index in [0.29, 0.717) is 5.41 Å². The molecular formula is C11H17NO. The highest BCUT2D eigenvalue weighted by molar-refractivity contribution is 5.85. The van der Waals surface area contributed by atoms with Gasteiger partial charge in [-0.1, -0.05) is 19.3 Å². The van der Waals surface area contributed by atoms with Gasteiger partial charge >= 0.3 is 0 Å². The summed E-state index contributed by atoms with van der Waals surface area (Å²) in [5.74, 6) is 0.269. The number of nitrogens with one attached hydrogen (secondary N) is 1. The first-order valence-electron chi connectivity index (χ1n) is 5.53. The van der Waals surface area contributed by atoms with Crippen LogP contribution in [0.3, 0.4) is 0 Å². The van der Waals surface area contributed by atoms with E-state index in [-0.39, 0.29) is 11.4 Å². The van der Waals surface area contributed by atoms with Crippen LogP contribution in [0.5, 0.6) is 0 Å². The molecular weight excluding hydrogens is 162 g/mol. The van der Waals surface area contributed by atoms with Gasteiger partial charge in [0.25, 0.3) is 0 Å². The van der Waals surface area contributed by atoms with Crippen LogP contribution in [0.25, 0.3) is 0 Å². The smallest absolute Gasteiger partial charge is 0.222 e. The van der Waals surface area contributed by atoms with Crippen LogP contribution in [0.15, 0.2) is 0 Å². The van der Waals surface area contributed by atoms with E-state index in [2.05, 4.69) is 5.32 Å². The molecule has 72 valence electrons. The minimum absolute atomic E-state index is 0.269. The van der Waals surface area contributed by atoms with Crippen molar-refractivity contribution >= 4 is 5.91 Å². The maximum Gasteiger partial charge on any atom is 0.222 e. The lowest BCUT2D eigenvalue weighted by molar-refractivity contribution is -0.147. The molecule has 1 heterocycles. The Bertz CT molecular complexity index is 235. The number of hydrogen-bond donors (Lipinski definition) is 1. The van der Waals surface area contributed by atoms with Crippen molar-refractivity contribution in [2.75, 3.05) is 0 Å². The molecule has 0 radical (unpaired) electrons. The predicted molar refractivity (Wildman–Crippen MR) is 50.2 cm³/mol. The first-order valence-corrected chi connectivity index (χ1v) is 5.53. The lowest BCUT2D eigenvalue weighted by Gasteiger charge is -2.62. The highest BCUT2D eigenvalue weighted by Crippen LogP contribution is 2.59. The Balaban J connectivity index is 1.63. The van der Waals surface area contributed by atoms with Crippen molar-refractivity contribution in [3.8, 4) is 0 Å². The molecule has 0 aromatic rings. The molecule has 2 nitrogen and oxygen atoms in total. The van der Waals surface area contributed by atoms with E-state index in [9.17, 15) is 4.79 Å². The number of carbonyl (C=O) groups excluding carboxylic acids is 1. The van der Waals surface area contributed by atoms with Gasteiger partial charge < -0.3 is 5.32 Å². The average Bonchev–Trinajstić information content (AvgIpc) is 2.01. The molecule has 3 fully saturated rings. The molecule has 3 aliphatic rings. The summed E-state index contributed by atoms with van der Waals surface area (Å²) in [6, 6.07) is 0. The standard InChI is InChI=1S/C11H17NO/c13-9-6-11(12-9)7-10(8-11)4-2-1-3-5-10/h1-8H2,(H,12,13). The van der Waals surface area contributed by atoms with Gasteiger partial charge in [-0.2, -0.15) is 0 Å². The molecule has 0 aromatic heterocycles. The van der Waals surface area contributed by atoms with Crippen molar-refractivity contribution in [2.24, 2.45) is 5.41 Å². The van der Waals surface area contributed by atoms with E-state index < -0.39 is 0 Å². The Kier molecular flexibility index (Phi) is 1.38. The molecule has 0 bridgehead atoms. The second-order valence-electron chi connectivity index (χ2n) is 5.42. The zero-order valence-corrected chi connectivity index (χ0v) is 8.07. The number of β-lactam (4-membered cyclic amide) rings is 1. The third-order valence-electron chi connectivity index (χ3n) is 4.24. The Labute approximate surface area is 79.1 Å². The lowest BCUT2D eigenvalue weighted by atomic mass is 9.49. The van der Waals surface area contributed by atoms with Gasteiger partial charge in [0.05, 0.1) is 0 Å². The van der Waals surface area contributed by atoms with E-state index in [1.807, 2.05) is 0 Å². The summed E-state index contributed by atoms with van der Waals surface area (Å²) in [4.78, 5) is 10.9. The minimum Gasteiger partial charge on any atom is -0.350 e. The number of carbonyl (C=O) groups is 1. The maximum atomic E-state index is 10.9. The third kappa shape index (κ3) is 1.04. The van der Waals surface area contributed by atoms with Crippen LogP contribution in [0, 0.1) is 5.41 Å². The Morgan fingerprint density at radius 2 is 1.69 bits per heavy atom. The van der Waals surface area contributed by atoms with Gasteiger partial charge in [-0.15, -0.1) is 0 Å². The fourth-order valence-corrected chi connectivity index (χ4v) is 3.84. The molecule has 0 aromatic carbocycles. The first-order chi connectivity index (χ1) is 6.22. The van der Waals surface area contributed by atoms with Crippen molar-refractivity contribution in [2.45, 2.75) is 56.9 Å². The fraction of sp³-hybridized carbons (Fsp3) is 0.909. The number of hydrogen-bond acceptors (Lipinski definition) is 1. The molecule has 13 heavy (non-hydrogen) atoms. The zero-order chi connectivity index (χ0) is 8.94. The minimum atomic E-state index is 0.269. The van der Waals surface area contributed by atoms with E-state index in [1.54, 1.807) is 0 Å². The quantitative estimate of drug-likeness (QED) is 0.566. The highest BCUT2D eigenvalue weighted by Gasteiger charge is 2.59. The number of amides is 1. The summed E-state index contributed by atoms with van der Waals surface area (Å²) in [5, 5.41) is 3.09. The first kappa shape index (κ1) is 7.84. The Morgan fingerprint density at radius 1 is 1.08 bits per heavy atom. The van der Waals surface area contributed by atoms with Crippen LogP contribution in [0.4, 0.5) is 0 Å². The molecule has 0 unspecified atom stereocenters. The molecule has 2 heteroatoms. The molecule has 1 N–H and O–H groups in total. The molecule has 2 saturated carbocycles. The largest absolute Gasteiger partial charge is 0.350 e. The van der Waals surface area contributed by atoms with Crippen molar-refractivity contribution < 1.29 is 4.79 Å². The molecule has 3 rings (SSSR count). The van der Waals surface area contributed by atoms with E-state index in [1.165, 1.54) is 44.9 Å². The highest BCUT2D eigenvalue weighted by atomic mass is 16.2. The summed E-state index contributed by atoms with van der Waals surface area (Å²) in [6.45, 7) is 0. The van der Waals surface area contributed by atoms with Gasteiger partial charge in [-0.3, -0.25) is 4.79 Å². The van der Waals surface area contributed by atoms with Crippen LogP contribution in [0.1, 0.15) is 51.4 Å². The van der Waals surface area contributed by atoms with Crippen LogP contribution in [-0.4, -0.2) is 11.4 Å². The number of rotatable bonds is 0. The average molecular weight is 179 g/mol. The van der Waals surface area contributed by atoms with Gasteiger partial charge in [0.15, 0.2) is 0 Å². The van der Waals surface area contributed by atoms with Crippen LogP contribution < -0.4 is 5.32 Å². The van der Waals surface area contributed by atoms with E-state index in [0.717, 1.165) is 6.42 Å². The lowest BCUT2D eigenvalue weighted by Crippen LogP contribution is -2.70. The summed E-state index contributed by atoms with van der Waals surface area (Å²) >= 11 is 0. The molecule has 2 spiro atoms. The second-order valence-corrected chi connectivity index (χ2v) is 5.42. The normalized spacial score (nSPS) is 33.7. The van der Waals surface area contributed by atoms with Gasteiger partial charge in [0, 0.05) is 12.0 Å². The van der Waals surface area contributed by atoms with Crippen LogP contribution >= 0.6 is 0 Å². The summed E-state index contributed by atoms with van der Waals surface area (Å²) in [7, 11) is 0. The second kappa shape index (κ2) is 2.28.